The molecule has 0 aliphatic heterocycles. The van der Waals surface area contributed by atoms with E-state index in [2.05, 4.69) is 16.4 Å². The second-order valence-corrected chi connectivity index (χ2v) is 6.21. The summed E-state index contributed by atoms with van der Waals surface area (Å²) in [4.78, 5) is 16.6. The van der Waals surface area contributed by atoms with Gasteiger partial charge in [-0.2, -0.15) is 0 Å². The van der Waals surface area contributed by atoms with Crippen molar-refractivity contribution in [1.82, 2.24) is 10.3 Å². The Labute approximate surface area is 147 Å². The molecule has 3 aromatic rings. The van der Waals surface area contributed by atoms with Gasteiger partial charge in [-0.3, -0.25) is 9.78 Å². The SMILES string of the molecule is COc1ccc2cc([C@@H](C)C(=O)N[C@@H](C)c3ccncc3)ccc2c1. The lowest BCUT2D eigenvalue weighted by molar-refractivity contribution is -0.122. The quantitative estimate of drug-likeness (QED) is 0.760. The van der Waals surface area contributed by atoms with Crippen molar-refractivity contribution in [2.45, 2.75) is 25.8 Å². The number of hydrogen-bond acceptors (Lipinski definition) is 3. The van der Waals surface area contributed by atoms with Gasteiger partial charge >= 0.3 is 0 Å². The molecule has 25 heavy (non-hydrogen) atoms. The molecule has 0 fully saturated rings. The summed E-state index contributed by atoms with van der Waals surface area (Å²) < 4.78 is 5.26. The van der Waals surface area contributed by atoms with Crippen LogP contribution in [-0.4, -0.2) is 18.0 Å². The van der Waals surface area contributed by atoms with E-state index in [0.29, 0.717) is 0 Å². The Kier molecular flexibility index (Phi) is 4.98. The Hall–Kier alpha value is -2.88. The molecule has 0 saturated heterocycles. The number of pyridine rings is 1. The number of fused-ring (bicyclic) bond motifs is 1. The van der Waals surface area contributed by atoms with Crippen LogP contribution in [0.25, 0.3) is 10.8 Å². The Bertz CT molecular complexity index is 877. The first-order valence-corrected chi connectivity index (χ1v) is 8.36. The molecule has 0 aliphatic carbocycles. The van der Waals surface area contributed by atoms with E-state index in [4.69, 9.17) is 4.74 Å². The first-order valence-electron chi connectivity index (χ1n) is 8.36. The number of amides is 1. The molecule has 1 amide bonds. The molecule has 2 aromatic carbocycles. The van der Waals surface area contributed by atoms with Crippen LogP contribution < -0.4 is 10.1 Å². The third kappa shape index (κ3) is 3.79. The van der Waals surface area contributed by atoms with Gasteiger partial charge in [-0.25, -0.2) is 0 Å². The van der Waals surface area contributed by atoms with Crippen LogP contribution in [0.3, 0.4) is 0 Å². The van der Waals surface area contributed by atoms with Gasteiger partial charge in [0.1, 0.15) is 5.75 Å². The Morgan fingerprint density at radius 3 is 2.36 bits per heavy atom. The number of aromatic nitrogens is 1. The van der Waals surface area contributed by atoms with Gasteiger partial charge in [0.15, 0.2) is 0 Å². The van der Waals surface area contributed by atoms with Gasteiger partial charge < -0.3 is 10.1 Å². The van der Waals surface area contributed by atoms with Gasteiger partial charge in [-0.15, -0.1) is 0 Å². The number of carbonyl (C=O) groups is 1. The molecule has 0 radical (unpaired) electrons. The lowest BCUT2D eigenvalue weighted by Gasteiger charge is -2.18. The van der Waals surface area contributed by atoms with E-state index in [1.807, 2.05) is 56.3 Å². The first-order chi connectivity index (χ1) is 12.1. The zero-order valence-electron chi connectivity index (χ0n) is 14.7. The molecule has 1 aromatic heterocycles. The molecule has 0 aliphatic rings. The Morgan fingerprint density at radius 1 is 0.960 bits per heavy atom. The maximum absolute atomic E-state index is 12.6. The highest BCUT2D eigenvalue weighted by molar-refractivity contribution is 5.88. The largest absolute Gasteiger partial charge is 0.497 e. The van der Waals surface area contributed by atoms with Crippen molar-refractivity contribution in [2.75, 3.05) is 7.11 Å². The number of benzene rings is 2. The van der Waals surface area contributed by atoms with Crippen molar-refractivity contribution in [3.8, 4) is 5.75 Å². The van der Waals surface area contributed by atoms with Gasteiger partial charge in [-0.05, 0) is 60.0 Å². The molecule has 3 rings (SSSR count). The zero-order valence-corrected chi connectivity index (χ0v) is 14.7. The van der Waals surface area contributed by atoms with Crippen LogP contribution >= 0.6 is 0 Å². The molecule has 128 valence electrons. The van der Waals surface area contributed by atoms with Crippen LogP contribution in [0.5, 0.6) is 5.75 Å². The summed E-state index contributed by atoms with van der Waals surface area (Å²) in [5, 5.41) is 5.27. The average Bonchev–Trinajstić information content (AvgIpc) is 2.67. The standard InChI is InChI=1S/C21H22N2O2/c1-14(21(24)23-15(2)16-8-10-22-11-9-16)17-4-5-19-13-20(25-3)7-6-18(19)12-17/h4-15H,1-3H3,(H,23,24)/t14-,15+/m1/s1. The number of rotatable bonds is 5. The number of hydrogen-bond donors (Lipinski definition) is 1. The third-order valence-corrected chi connectivity index (χ3v) is 4.53. The fourth-order valence-corrected chi connectivity index (χ4v) is 2.86. The van der Waals surface area contributed by atoms with Crippen molar-refractivity contribution in [1.29, 1.82) is 0 Å². The summed E-state index contributed by atoms with van der Waals surface area (Å²) in [5.41, 5.74) is 2.04. The summed E-state index contributed by atoms with van der Waals surface area (Å²) in [5.74, 6) is 0.616. The second kappa shape index (κ2) is 7.34. The average molecular weight is 334 g/mol. The number of nitrogens with one attached hydrogen (secondary N) is 1. The zero-order chi connectivity index (χ0) is 17.8. The van der Waals surface area contributed by atoms with E-state index >= 15 is 0 Å². The highest BCUT2D eigenvalue weighted by Crippen LogP contribution is 2.25. The van der Waals surface area contributed by atoms with Gasteiger partial charge in [0.2, 0.25) is 5.91 Å². The highest BCUT2D eigenvalue weighted by Gasteiger charge is 2.18. The monoisotopic (exact) mass is 334 g/mol. The van der Waals surface area contributed by atoms with Gasteiger partial charge in [-0.1, -0.05) is 24.3 Å². The van der Waals surface area contributed by atoms with Crippen LogP contribution in [0, 0.1) is 0 Å². The van der Waals surface area contributed by atoms with Crippen molar-refractivity contribution < 1.29 is 9.53 Å². The molecule has 1 N–H and O–H groups in total. The molecular formula is C21H22N2O2. The number of nitrogens with zero attached hydrogens (tertiary/aromatic N) is 1. The topological polar surface area (TPSA) is 51.2 Å². The minimum absolute atomic E-state index is 0.0113. The summed E-state index contributed by atoms with van der Waals surface area (Å²) in [7, 11) is 1.66. The molecular weight excluding hydrogens is 312 g/mol. The molecule has 0 spiro atoms. The smallest absolute Gasteiger partial charge is 0.227 e. The van der Waals surface area contributed by atoms with Crippen LogP contribution in [0.15, 0.2) is 60.9 Å². The van der Waals surface area contributed by atoms with Gasteiger partial charge in [0.05, 0.1) is 19.1 Å². The van der Waals surface area contributed by atoms with Crippen molar-refractivity contribution in [3.63, 3.8) is 0 Å². The van der Waals surface area contributed by atoms with Crippen LogP contribution in [0.4, 0.5) is 0 Å². The molecule has 0 bridgehead atoms. The van der Waals surface area contributed by atoms with E-state index in [9.17, 15) is 4.79 Å². The van der Waals surface area contributed by atoms with E-state index in [1.165, 1.54) is 0 Å². The molecule has 2 atom stereocenters. The first kappa shape index (κ1) is 17.0. The lowest BCUT2D eigenvalue weighted by atomic mass is 9.96. The van der Waals surface area contributed by atoms with E-state index in [1.54, 1.807) is 19.5 Å². The molecule has 0 unspecified atom stereocenters. The van der Waals surface area contributed by atoms with Crippen molar-refractivity contribution in [3.05, 3.63) is 72.1 Å². The minimum Gasteiger partial charge on any atom is -0.497 e. The summed E-state index contributed by atoms with van der Waals surface area (Å²) in [6, 6.07) is 15.8. The summed E-state index contributed by atoms with van der Waals surface area (Å²) >= 11 is 0. The lowest BCUT2D eigenvalue weighted by Crippen LogP contribution is -2.30. The van der Waals surface area contributed by atoms with Gasteiger partial charge in [0.25, 0.3) is 0 Å². The summed E-state index contributed by atoms with van der Waals surface area (Å²) in [6.45, 7) is 3.91. The second-order valence-electron chi connectivity index (χ2n) is 6.21. The molecule has 1 heterocycles. The van der Waals surface area contributed by atoms with Crippen LogP contribution in [0.1, 0.15) is 36.9 Å². The maximum Gasteiger partial charge on any atom is 0.227 e. The number of methoxy groups -OCH3 is 1. The number of carbonyl (C=O) groups excluding carboxylic acids is 1. The molecule has 4 nitrogen and oxygen atoms in total. The van der Waals surface area contributed by atoms with Gasteiger partial charge in [0, 0.05) is 12.4 Å². The fourth-order valence-electron chi connectivity index (χ4n) is 2.86. The van der Waals surface area contributed by atoms with E-state index in [-0.39, 0.29) is 17.9 Å². The maximum atomic E-state index is 12.6. The minimum atomic E-state index is -0.226. The Morgan fingerprint density at radius 2 is 1.64 bits per heavy atom. The van der Waals surface area contributed by atoms with Crippen molar-refractivity contribution in [2.24, 2.45) is 0 Å². The van der Waals surface area contributed by atoms with Crippen molar-refractivity contribution >= 4 is 16.7 Å². The predicted octanol–water partition coefficient (Wildman–Crippen LogP) is 4.22. The van der Waals surface area contributed by atoms with E-state index in [0.717, 1.165) is 27.6 Å². The summed E-state index contributed by atoms with van der Waals surface area (Å²) in [6.07, 6.45) is 3.47. The fraction of sp³-hybridized carbons (Fsp3) is 0.238. The van der Waals surface area contributed by atoms with Crippen LogP contribution in [0.2, 0.25) is 0 Å². The normalized spacial score (nSPS) is 13.2. The predicted molar refractivity (Wildman–Crippen MR) is 99.7 cm³/mol. The highest BCUT2D eigenvalue weighted by atomic mass is 16.5. The Balaban J connectivity index is 1.76. The number of ether oxygens (including phenoxy) is 1. The molecule has 0 saturated carbocycles. The third-order valence-electron chi connectivity index (χ3n) is 4.53. The van der Waals surface area contributed by atoms with E-state index < -0.39 is 0 Å². The molecule has 4 heteroatoms. The van der Waals surface area contributed by atoms with Crippen LogP contribution in [-0.2, 0) is 4.79 Å².